The third-order valence-electron chi connectivity index (χ3n) is 4.98. The predicted molar refractivity (Wildman–Crippen MR) is 85.9 cm³/mol. The summed E-state index contributed by atoms with van der Waals surface area (Å²) in [4.78, 5) is 21.2. The number of anilines is 1. The molecule has 6 heteroatoms. The first-order chi connectivity index (χ1) is 11.1. The van der Waals surface area contributed by atoms with Gasteiger partial charge in [0.25, 0.3) is 0 Å². The van der Waals surface area contributed by atoms with E-state index in [2.05, 4.69) is 16.0 Å². The van der Waals surface area contributed by atoms with Crippen molar-refractivity contribution in [1.29, 1.82) is 5.26 Å². The van der Waals surface area contributed by atoms with Gasteiger partial charge in [-0.1, -0.05) is 0 Å². The zero-order valence-corrected chi connectivity index (χ0v) is 13.5. The van der Waals surface area contributed by atoms with Crippen molar-refractivity contribution in [3.8, 4) is 6.07 Å². The molecule has 2 saturated heterocycles. The van der Waals surface area contributed by atoms with Gasteiger partial charge in [-0.15, -0.1) is 0 Å². The van der Waals surface area contributed by atoms with Crippen LogP contribution in [-0.4, -0.2) is 53.7 Å². The Morgan fingerprint density at radius 3 is 2.96 bits per heavy atom. The summed E-state index contributed by atoms with van der Waals surface area (Å²) < 4.78 is 0. The number of carbonyl (C=O) groups is 1. The van der Waals surface area contributed by atoms with Crippen LogP contribution >= 0.6 is 0 Å². The smallest absolute Gasteiger partial charge is 0.230 e. The fourth-order valence-corrected chi connectivity index (χ4v) is 3.79. The summed E-state index contributed by atoms with van der Waals surface area (Å²) in [5.41, 5.74) is 1.05. The van der Waals surface area contributed by atoms with Crippen LogP contribution < -0.4 is 4.90 Å². The number of carbonyl (C=O) groups excluding carboxylic acids is 1. The maximum atomic E-state index is 12.8. The first kappa shape index (κ1) is 15.8. The number of rotatable bonds is 3. The molecule has 122 valence electrons. The minimum atomic E-state index is -0.383. The summed E-state index contributed by atoms with van der Waals surface area (Å²) in [5.74, 6) is 0.836. The van der Waals surface area contributed by atoms with Crippen molar-refractivity contribution in [1.82, 2.24) is 9.88 Å². The minimum absolute atomic E-state index is 0.00352. The Morgan fingerprint density at radius 1 is 1.39 bits per heavy atom. The molecule has 1 N–H and O–H groups in total. The lowest BCUT2D eigenvalue weighted by Gasteiger charge is -2.39. The van der Waals surface area contributed by atoms with Crippen molar-refractivity contribution in [3.05, 3.63) is 23.4 Å². The average molecular weight is 314 g/mol. The molecular weight excluding hydrogens is 292 g/mol. The fraction of sp³-hybridized carbons (Fsp3) is 0.588. The molecule has 6 nitrogen and oxygen atoms in total. The van der Waals surface area contributed by atoms with Crippen molar-refractivity contribution in [2.75, 3.05) is 37.7 Å². The third-order valence-corrected chi connectivity index (χ3v) is 4.98. The Labute approximate surface area is 136 Å². The van der Waals surface area contributed by atoms with Gasteiger partial charge < -0.3 is 14.9 Å². The third kappa shape index (κ3) is 2.77. The second-order valence-electron chi connectivity index (χ2n) is 6.51. The Balaban J connectivity index is 1.84. The fourth-order valence-electron chi connectivity index (χ4n) is 3.79. The quantitative estimate of drug-likeness (QED) is 0.903. The summed E-state index contributed by atoms with van der Waals surface area (Å²) in [6, 6.07) is 5.83. The number of likely N-dealkylation sites (tertiary alicyclic amines) is 1. The Hall–Kier alpha value is -2.13. The molecule has 2 aliphatic rings. The molecule has 0 radical (unpaired) electrons. The number of aliphatic hydroxyl groups excluding tert-OH is 1. The maximum absolute atomic E-state index is 12.8. The topological polar surface area (TPSA) is 80.5 Å². The van der Waals surface area contributed by atoms with Gasteiger partial charge in [0.05, 0.1) is 17.6 Å². The van der Waals surface area contributed by atoms with Gasteiger partial charge in [0.2, 0.25) is 5.91 Å². The van der Waals surface area contributed by atoms with Gasteiger partial charge in [-0.05, 0) is 38.3 Å². The lowest BCUT2D eigenvalue weighted by atomic mass is 9.78. The minimum Gasteiger partial charge on any atom is -0.395 e. The molecule has 1 aromatic heterocycles. The van der Waals surface area contributed by atoms with Gasteiger partial charge in [-0.2, -0.15) is 5.26 Å². The van der Waals surface area contributed by atoms with Crippen LogP contribution in [0.1, 0.15) is 30.5 Å². The van der Waals surface area contributed by atoms with E-state index in [1.807, 2.05) is 13.0 Å². The van der Waals surface area contributed by atoms with E-state index < -0.39 is 0 Å². The van der Waals surface area contributed by atoms with Crippen LogP contribution in [0, 0.1) is 23.7 Å². The molecule has 0 saturated carbocycles. The molecule has 2 fully saturated rings. The Kier molecular flexibility index (Phi) is 4.22. The maximum Gasteiger partial charge on any atom is 0.230 e. The van der Waals surface area contributed by atoms with Crippen LogP contribution in [0.25, 0.3) is 0 Å². The zero-order valence-electron chi connectivity index (χ0n) is 13.5. The van der Waals surface area contributed by atoms with Gasteiger partial charge in [-0.3, -0.25) is 4.79 Å². The van der Waals surface area contributed by atoms with Crippen LogP contribution in [0.4, 0.5) is 5.82 Å². The normalized spacial score (nSPS) is 24.3. The number of hydrogen-bond donors (Lipinski definition) is 1. The van der Waals surface area contributed by atoms with Gasteiger partial charge in [-0.25, -0.2) is 4.98 Å². The number of nitrogens with zero attached hydrogens (tertiary/aromatic N) is 4. The van der Waals surface area contributed by atoms with Crippen LogP contribution in [0.3, 0.4) is 0 Å². The van der Waals surface area contributed by atoms with Gasteiger partial charge in [0, 0.05) is 31.9 Å². The van der Waals surface area contributed by atoms with Crippen molar-refractivity contribution in [3.63, 3.8) is 0 Å². The highest BCUT2D eigenvalue weighted by atomic mass is 16.3. The highest BCUT2D eigenvalue weighted by Crippen LogP contribution is 2.41. The van der Waals surface area contributed by atoms with Crippen LogP contribution in [-0.2, 0) is 4.79 Å². The number of aliphatic hydroxyl groups is 1. The molecule has 0 unspecified atom stereocenters. The zero-order chi connectivity index (χ0) is 16.4. The number of nitriles is 1. The summed E-state index contributed by atoms with van der Waals surface area (Å²) in [7, 11) is 0. The second-order valence-corrected chi connectivity index (χ2v) is 6.51. The molecule has 1 amide bonds. The molecule has 23 heavy (non-hydrogen) atoms. The number of amides is 1. The van der Waals surface area contributed by atoms with E-state index in [4.69, 9.17) is 5.11 Å². The predicted octanol–water partition coefficient (Wildman–Crippen LogP) is 1.07. The number of piperidine rings is 1. The van der Waals surface area contributed by atoms with E-state index in [9.17, 15) is 10.1 Å². The van der Waals surface area contributed by atoms with Crippen molar-refractivity contribution >= 4 is 11.7 Å². The molecule has 1 spiro atoms. The average Bonchev–Trinajstić information content (AvgIpc) is 2.97. The first-order valence-electron chi connectivity index (χ1n) is 8.12. The summed E-state index contributed by atoms with van der Waals surface area (Å²) >= 11 is 0. The van der Waals surface area contributed by atoms with E-state index in [0.29, 0.717) is 24.5 Å². The number of aryl methyl sites for hydroxylation is 1. The van der Waals surface area contributed by atoms with Gasteiger partial charge in [0.15, 0.2) is 0 Å². The van der Waals surface area contributed by atoms with Crippen molar-refractivity contribution in [2.45, 2.75) is 26.2 Å². The monoisotopic (exact) mass is 314 g/mol. The van der Waals surface area contributed by atoms with E-state index in [0.717, 1.165) is 38.0 Å². The lowest BCUT2D eigenvalue weighted by molar-refractivity contribution is -0.145. The highest BCUT2D eigenvalue weighted by molar-refractivity contribution is 5.85. The molecule has 3 rings (SSSR count). The number of hydrogen-bond acceptors (Lipinski definition) is 5. The molecule has 0 aliphatic carbocycles. The summed E-state index contributed by atoms with van der Waals surface area (Å²) in [5, 5.41) is 18.5. The molecular formula is C17H22N4O2. The van der Waals surface area contributed by atoms with Gasteiger partial charge in [0.1, 0.15) is 11.9 Å². The van der Waals surface area contributed by atoms with Gasteiger partial charge >= 0.3 is 0 Å². The first-order valence-corrected chi connectivity index (χ1v) is 8.12. The lowest BCUT2D eigenvalue weighted by Crippen LogP contribution is -2.50. The Morgan fingerprint density at radius 2 is 2.22 bits per heavy atom. The molecule has 3 heterocycles. The molecule has 0 bridgehead atoms. The molecule has 0 aromatic carbocycles. The van der Waals surface area contributed by atoms with E-state index in [1.165, 1.54) is 0 Å². The van der Waals surface area contributed by atoms with E-state index >= 15 is 0 Å². The van der Waals surface area contributed by atoms with Crippen LogP contribution in [0.2, 0.25) is 0 Å². The van der Waals surface area contributed by atoms with Crippen LogP contribution in [0.15, 0.2) is 12.1 Å². The van der Waals surface area contributed by atoms with E-state index in [-0.39, 0.29) is 17.9 Å². The van der Waals surface area contributed by atoms with Crippen LogP contribution in [0.5, 0.6) is 0 Å². The van der Waals surface area contributed by atoms with Crippen molar-refractivity contribution < 1.29 is 9.90 Å². The largest absolute Gasteiger partial charge is 0.395 e. The van der Waals surface area contributed by atoms with E-state index in [1.54, 1.807) is 11.0 Å². The SMILES string of the molecule is Cc1ccc(C#N)c(N2CC[C@@]3(CCCN(CCO)C3=O)C2)n1. The Bertz CT molecular complexity index is 652. The molecule has 2 aliphatic heterocycles. The summed E-state index contributed by atoms with van der Waals surface area (Å²) in [6.07, 6.45) is 2.62. The molecule has 1 atom stereocenters. The number of aromatic nitrogens is 1. The second kappa shape index (κ2) is 6.17. The number of pyridine rings is 1. The number of β-amino-alcohol motifs (C(OH)–C–C–N with tert-alkyl or cyclic N) is 1. The van der Waals surface area contributed by atoms with Crippen molar-refractivity contribution in [2.24, 2.45) is 5.41 Å². The molecule has 1 aromatic rings. The summed E-state index contributed by atoms with van der Waals surface area (Å²) in [6.45, 7) is 4.40. The standard InChI is InChI=1S/C17H22N4O2/c1-13-3-4-14(11-18)15(19-13)21-8-6-17(12-21)5-2-7-20(9-10-22)16(17)23/h3-4,22H,2,5-10,12H2,1H3/t17-/m0/s1. The highest BCUT2D eigenvalue weighted by Gasteiger charge is 2.48.